The molecule has 0 aliphatic carbocycles. The quantitative estimate of drug-likeness (QED) is 0.435. The number of nitrogens with zero attached hydrogens (tertiary/aromatic N) is 3. The number of fused-ring (bicyclic) bond motifs is 1. The molecule has 1 N–H and O–H groups in total. The molecule has 0 spiro atoms. The maximum Gasteiger partial charge on any atom is 0.162 e. The van der Waals surface area contributed by atoms with E-state index in [-0.39, 0.29) is 6.04 Å². The molecule has 0 saturated carbocycles. The Morgan fingerprint density at radius 3 is 2.88 bits per heavy atom. The van der Waals surface area contributed by atoms with Crippen LogP contribution in [0.15, 0.2) is 60.8 Å². The van der Waals surface area contributed by atoms with Crippen LogP contribution in [0.3, 0.4) is 0 Å². The van der Waals surface area contributed by atoms with Gasteiger partial charge in [0.1, 0.15) is 5.75 Å². The Morgan fingerprint density at radius 2 is 1.97 bits per heavy atom. The number of H-pyrrole nitrogens is 1. The zero-order chi connectivity index (χ0) is 21.9. The lowest BCUT2D eigenvalue weighted by Crippen LogP contribution is -2.23. The van der Waals surface area contributed by atoms with Gasteiger partial charge in [-0.1, -0.05) is 18.2 Å². The molecule has 1 atom stereocenters. The highest BCUT2D eigenvalue weighted by atomic mass is 19.2. The summed E-state index contributed by atoms with van der Waals surface area (Å²) in [5.74, 6) is -1.47. The second-order valence-corrected chi connectivity index (χ2v) is 8.11. The van der Waals surface area contributed by atoms with E-state index in [1.54, 1.807) is 0 Å². The van der Waals surface area contributed by atoms with E-state index in [9.17, 15) is 8.78 Å². The molecule has 4 aromatic rings. The molecule has 5 nitrogen and oxygen atoms in total. The van der Waals surface area contributed by atoms with Gasteiger partial charge in [-0.3, -0.25) is 15.0 Å². The summed E-state index contributed by atoms with van der Waals surface area (Å²) >= 11 is 0. The van der Waals surface area contributed by atoms with E-state index in [1.165, 1.54) is 17.0 Å². The van der Waals surface area contributed by atoms with Crippen LogP contribution < -0.4 is 4.74 Å². The standard InChI is InChI=1S/C25H24F2N4O/c26-21-8-7-19(15-22(21)27)32-13-10-18-14-24(30-29-18)25-6-3-12-31(25)16-17-9-11-28-23-5-2-1-4-20(17)23/h1-2,4-5,7-9,11,14-15,25H,3,6,10,12-13,16H2,(H,29,30)/t25-/m0/s1. The number of aromatic nitrogens is 3. The summed E-state index contributed by atoms with van der Waals surface area (Å²) < 4.78 is 31.9. The average Bonchev–Trinajstić information content (AvgIpc) is 3.46. The molecular formula is C25H24F2N4O. The first-order chi connectivity index (χ1) is 15.7. The van der Waals surface area contributed by atoms with Gasteiger partial charge in [0.15, 0.2) is 11.6 Å². The van der Waals surface area contributed by atoms with Crippen LogP contribution in [0, 0.1) is 11.6 Å². The molecule has 2 aromatic heterocycles. The molecular weight excluding hydrogens is 410 g/mol. The van der Waals surface area contributed by atoms with Crippen molar-refractivity contribution in [3.05, 3.63) is 89.4 Å². The van der Waals surface area contributed by atoms with Crippen molar-refractivity contribution in [1.29, 1.82) is 0 Å². The molecule has 1 saturated heterocycles. The van der Waals surface area contributed by atoms with Crippen molar-refractivity contribution in [2.45, 2.75) is 31.8 Å². The van der Waals surface area contributed by atoms with Crippen LogP contribution in [-0.2, 0) is 13.0 Å². The summed E-state index contributed by atoms with van der Waals surface area (Å²) in [4.78, 5) is 6.94. The topological polar surface area (TPSA) is 54.0 Å². The molecule has 2 aromatic carbocycles. The molecule has 32 heavy (non-hydrogen) atoms. The van der Waals surface area contributed by atoms with Gasteiger partial charge in [-0.25, -0.2) is 8.78 Å². The molecule has 1 aliphatic rings. The number of aromatic amines is 1. The number of benzene rings is 2. The Hall–Kier alpha value is -3.32. The number of ether oxygens (including phenoxy) is 1. The van der Waals surface area contributed by atoms with E-state index in [0.717, 1.165) is 55.0 Å². The van der Waals surface area contributed by atoms with Gasteiger partial charge in [0, 0.05) is 36.3 Å². The Balaban J connectivity index is 1.23. The van der Waals surface area contributed by atoms with E-state index >= 15 is 0 Å². The maximum atomic E-state index is 13.3. The molecule has 0 bridgehead atoms. The Kier molecular flexibility index (Phi) is 5.81. The summed E-state index contributed by atoms with van der Waals surface area (Å²) in [5, 5.41) is 8.85. The van der Waals surface area contributed by atoms with E-state index in [0.29, 0.717) is 18.8 Å². The third-order valence-electron chi connectivity index (χ3n) is 6.00. The number of para-hydroxylation sites is 1. The van der Waals surface area contributed by atoms with E-state index in [2.05, 4.69) is 44.3 Å². The van der Waals surface area contributed by atoms with Gasteiger partial charge in [0.25, 0.3) is 0 Å². The van der Waals surface area contributed by atoms with Gasteiger partial charge >= 0.3 is 0 Å². The molecule has 5 rings (SSSR count). The first kappa shape index (κ1) is 20.6. The zero-order valence-electron chi connectivity index (χ0n) is 17.6. The van der Waals surface area contributed by atoms with Crippen LogP contribution in [0.2, 0.25) is 0 Å². The summed E-state index contributed by atoms with van der Waals surface area (Å²) in [6.45, 7) is 2.24. The lowest BCUT2D eigenvalue weighted by atomic mass is 10.1. The van der Waals surface area contributed by atoms with Crippen LogP contribution in [0.4, 0.5) is 8.78 Å². The summed E-state index contributed by atoms with van der Waals surface area (Å²) in [6, 6.07) is 16.2. The summed E-state index contributed by atoms with van der Waals surface area (Å²) in [6.07, 6.45) is 4.68. The van der Waals surface area contributed by atoms with Crippen molar-refractivity contribution in [1.82, 2.24) is 20.1 Å². The van der Waals surface area contributed by atoms with Gasteiger partial charge in [-0.05, 0) is 55.3 Å². The Bertz CT molecular complexity index is 1220. The third-order valence-corrected chi connectivity index (χ3v) is 6.00. The van der Waals surface area contributed by atoms with Gasteiger partial charge in [0.2, 0.25) is 0 Å². The van der Waals surface area contributed by atoms with E-state index in [4.69, 9.17) is 4.74 Å². The SMILES string of the molecule is Fc1ccc(OCCc2cc([C@@H]3CCCN3Cc3ccnc4ccccc34)n[nH]2)cc1F. The number of halogens is 2. The van der Waals surface area contributed by atoms with Crippen molar-refractivity contribution in [3.8, 4) is 5.75 Å². The zero-order valence-corrected chi connectivity index (χ0v) is 17.6. The molecule has 0 radical (unpaired) electrons. The van der Waals surface area contributed by atoms with Crippen molar-refractivity contribution in [2.75, 3.05) is 13.2 Å². The molecule has 1 fully saturated rings. The average molecular weight is 434 g/mol. The van der Waals surface area contributed by atoms with Gasteiger partial charge in [-0.15, -0.1) is 0 Å². The fourth-order valence-electron chi connectivity index (χ4n) is 4.39. The first-order valence-corrected chi connectivity index (χ1v) is 10.9. The van der Waals surface area contributed by atoms with E-state index < -0.39 is 11.6 Å². The lowest BCUT2D eigenvalue weighted by molar-refractivity contribution is 0.245. The number of rotatable bonds is 7. The van der Waals surface area contributed by atoms with Crippen LogP contribution >= 0.6 is 0 Å². The highest BCUT2D eigenvalue weighted by Gasteiger charge is 2.28. The number of nitrogens with one attached hydrogen (secondary N) is 1. The Morgan fingerprint density at radius 1 is 1.06 bits per heavy atom. The first-order valence-electron chi connectivity index (χ1n) is 10.9. The monoisotopic (exact) mass is 434 g/mol. The minimum Gasteiger partial charge on any atom is -0.493 e. The predicted octanol–water partition coefficient (Wildman–Crippen LogP) is 5.19. The van der Waals surface area contributed by atoms with E-state index in [1.807, 2.05) is 18.3 Å². The third kappa shape index (κ3) is 4.34. The van der Waals surface area contributed by atoms with Gasteiger partial charge < -0.3 is 4.74 Å². The molecule has 0 unspecified atom stereocenters. The second kappa shape index (κ2) is 9.04. The van der Waals surface area contributed by atoms with Crippen molar-refractivity contribution >= 4 is 10.9 Å². The normalized spacial score (nSPS) is 16.6. The minimum atomic E-state index is -0.908. The van der Waals surface area contributed by atoms with Crippen molar-refractivity contribution < 1.29 is 13.5 Å². The van der Waals surface area contributed by atoms with Crippen LogP contribution in [0.1, 0.15) is 35.8 Å². The van der Waals surface area contributed by atoms with Crippen molar-refractivity contribution in [2.24, 2.45) is 0 Å². The fraction of sp³-hybridized carbons (Fsp3) is 0.280. The molecule has 7 heteroatoms. The smallest absolute Gasteiger partial charge is 0.162 e. The molecule has 0 amide bonds. The number of pyridine rings is 1. The van der Waals surface area contributed by atoms with Crippen LogP contribution in [-0.4, -0.2) is 33.2 Å². The number of hydrogen-bond donors (Lipinski definition) is 1. The summed E-state index contributed by atoms with van der Waals surface area (Å²) in [7, 11) is 0. The van der Waals surface area contributed by atoms with Crippen LogP contribution in [0.25, 0.3) is 10.9 Å². The maximum absolute atomic E-state index is 13.3. The second-order valence-electron chi connectivity index (χ2n) is 8.11. The minimum absolute atomic E-state index is 0.263. The van der Waals surface area contributed by atoms with Gasteiger partial charge in [0.05, 0.1) is 23.9 Å². The molecule has 3 heterocycles. The number of hydrogen-bond acceptors (Lipinski definition) is 4. The Labute approximate surface area is 185 Å². The highest BCUT2D eigenvalue weighted by molar-refractivity contribution is 5.81. The van der Waals surface area contributed by atoms with Crippen LogP contribution in [0.5, 0.6) is 5.75 Å². The largest absolute Gasteiger partial charge is 0.493 e. The number of likely N-dealkylation sites (tertiary alicyclic amines) is 1. The highest BCUT2D eigenvalue weighted by Crippen LogP contribution is 2.33. The summed E-state index contributed by atoms with van der Waals surface area (Å²) in [5.41, 5.74) is 4.29. The predicted molar refractivity (Wildman–Crippen MR) is 118 cm³/mol. The van der Waals surface area contributed by atoms with Gasteiger partial charge in [-0.2, -0.15) is 5.10 Å². The fourth-order valence-corrected chi connectivity index (χ4v) is 4.39. The lowest BCUT2D eigenvalue weighted by Gasteiger charge is -2.23. The molecule has 164 valence electrons. The molecule has 1 aliphatic heterocycles. The van der Waals surface area contributed by atoms with Crippen molar-refractivity contribution in [3.63, 3.8) is 0 Å².